The number of aromatic nitrogens is 1. The number of benzene rings is 1. The first-order chi connectivity index (χ1) is 11.1. The van der Waals surface area contributed by atoms with Gasteiger partial charge in [-0.15, -0.1) is 0 Å². The van der Waals surface area contributed by atoms with Crippen LogP contribution in [0.15, 0.2) is 28.8 Å². The van der Waals surface area contributed by atoms with Crippen molar-refractivity contribution in [3.05, 3.63) is 52.7 Å². The number of rotatable bonds is 4. The number of carbonyl (C=O) groups excluding carboxylic acids is 1. The normalized spacial score (nSPS) is 18.8. The van der Waals surface area contributed by atoms with E-state index in [4.69, 9.17) is 9.26 Å². The molecule has 0 saturated carbocycles. The van der Waals surface area contributed by atoms with E-state index >= 15 is 0 Å². The van der Waals surface area contributed by atoms with Crippen LogP contribution in [0.2, 0.25) is 0 Å². The quantitative estimate of drug-likeness (QED) is 0.941. The van der Waals surface area contributed by atoms with Gasteiger partial charge in [0.1, 0.15) is 17.1 Å². The molecule has 122 valence electrons. The van der Waals surface area contributed by atoms with Gasteiger partial charge in [-0.1, -0.05) is 17.3 Å². The predicted octanol–water partition coefficient (Wildman–Crippen LogP) is 3.08. The molecule has 5 nitrogen and oxygen atoms in total. The highest BCUT2D eigenvalue weighted by Gasteiger charge is 2.30. The first-order valence-electron chi connectivity index (χ1n) is 7.67. The second-order valence-electron chi connectivity index (χ2n) is 5.75. The molecule has 23 heavy (non-hydrogen) atoms. The van der Waals surface area contributed by atoms with Crippen molar-refractivity contribution in [2.24, 2.45) is 0 Å². The Labute approximate surface area is 133 Å². The van der Waals surface area contributed by atoms with E-state index in [-0.39, 0.29) is 23.9 Å². The van der Waals surface area contributed by atoms with E-state index in [1.807, 2.05) is 0 Å². The minimum atomic E-state index is -0.334. The summed E-state index contributed by atoms with van der Waals surface area (Å²) in [4.78, 5) is 12.6. The molecule has 1 N–H and O–H groups in total. The van der Waals surface area contributed by atoms with Crippen molar-refractivity contribution in [2.45, 2.75) is 38.8 Å². The number of carbonyl (C=O) groups is 1. The van der Waals surface area contributed by atoms with Gasteiger partial charge in [0.2, 0.25) is 0 Å². The zero-order chi connectivity index (χ0) is 16.4. The van der Waals surface area contributed by atoms with Crippen molar-refractivity contribution < 1.29 is 18.4 Å². The minimum absolute atomic E-state index is 0.120. The Balaban J connectivity index is 1.86. The summed E-state index contributed by atoms with van der Waals surface area (Å²) in [6.45, 7) is 4.10. The van der Waals surface area contributed by atoms with Crippen LogP contribution in [0, 0.1) is 19.7 Å². The Morgan fingerprint density at radius 1 is 1.35 bits per heavy atom. The average Bonchev–Trinajstić information content (AvgIpc) is 3.16. The van der Waals surface area contributed by atoms with Crippen LogP contribution in [0.5, 0.6) is 0 Å². The van der Waals surface area contributed by atoms with Gasteiger partial charge in [-0.2, -0.15) is 0 Å². The number of nitrogens with zero attached hydrogens (tertiary/aromatic N) is 1. The highest BCUT2D eigenvalue weighted by Crippen LogP contribution is 2.28. The number of amides is 1. The fraction of sp³-hybridized carbons (Fsp3) is 0.412. The molecule has 0 radical (unpaired) electrons. The van der Waals surface area contributed by atoms with E-state index in [2.05, 4.69) is 10.5 Å². The van der Waals surface area contributed by atoms with E-state index in [0.29, 0.717) is 23.6 Å². The molecule has 1 aliphatic heterocycles. The van der Waals surface area contributed by atoms with Crippen LogP contribution in [0.4, 0.5) is 4.39 Å². The van der Waals surface area contributed by atoms with E-state index in [1.165, 1.54) is 12.1 Å². The minimum Gasteiger partial charge on any atom is -0.376 e. The molecule has 0 unspecified atom stereocenters. The largest absolute Gasteiger partial charge is 0.376 e. The van der Waals surface area contributed by atoms with E-state index in [1.54, 1.807) is 26.0 Å². The average molecular weight is 318 g/mol. The highest BCUT2D eigenvalue weighted by molar-refractivity contribution is 5.96. The summed E-state index contributed by atoms with van der Waals surface area (Å²) >= 11 is 0. The second kappa shape index (κ2) is 6.50. The second-order valence-corrected chi connectivity index (χ2v) is 5.75. The van der Waals surface area contributed by atoms with Gasteiger partial charge >= 0.3 is 0 Å². The molecular formula is C17H19FN2O3. The number of hydrogen-bond acceptors (Lipinski definition) is 4. The molecule has 1 fully saturated rings. The van der Waals surface area contributed by atoms with E-state index in [0.717, 1.165) is 18.4 Å². The summed E-state index contributed by atoms with van der Waals surface area (Å²) in [6, 6.07) is 5.79. The smallest absolute Gasteiger partial charge is 0.257 e. The van der Waals surface area contributed by atoms with Crippen molar-refractivity contribution in [1.29, 1.82) is 0 Å². The van der Waals surface area contributed by atoms with E-state index < -0.39 is 0 Å². The predicted molar refractivity (Wildman–Crippen MR) is 81.6 cm³/mol. The number of ether oxygens (including phenoxy) is 1. The van der Waals surface area contributed by atoms with Crippen LogP contribution in [0.25, 0.3) is 0 Å². The SMILES string of the molecule is Cc1noc(C)c1C(=O)N[C@@H](c1ccc(F)cc1)[C@@H]1CCCO1. The zero-order valence-corrected chi connectivity index (χ0v) is 13.1. The lowest BCUT2D eigenvalue weighted by atomic mass is 9.98. The zero-order valence-electron chi connectivity index (χ0n) is 13.1. The Morgan fingerprint density at radius 2 is 2.09 bits per heavy atom. The van der Waals surface area contributed by atoms with Crippen LogP contribution in [-0.2, 0) is 4.74 Å². The lowest BCUT2D eigenvalue weighted by Gasteiger charge is -2.24. The molecule has 0 spiro atoms. The number of hydrogen-bond donors (Lipinski definition) is 1. The fourth-order valence-electron chi connectivity index (χ4n) is 2.95. The molecule has 1 aromatic carbocycles. The molecule has 2 heterocycles. The molecule has 1 aliphatic rings. The van der Waals surface area contributed by atoms with Crippen LogP contribution in [-0.4, -0.2) is 23.8 Å². The molecule has 1 saturated heterocycles. The molecule has 2 aromatic rings. The first-order valence-corrected chi connectivity index (χ1v) is 7.67. The summed E-state index contributed by atoms with van der Waals surface area (Å²) in [5.74, 6) is -0.0897. The summed E-state index contributed by atoms with van der Waals surface area (Å²) in [6.07, 6.45) is 1.68. The fourth-order valence-corrected chi connectivity index (χ4v) is 2.95. The van der Waals surface area contributed by atoms with Gasteiger partial charge in [0, 0.05) is 6.61 Å². The Morgan fingerprint density at radius 3 is 2.65 bits per heavy atom. The Kier molecular flexibility index (Phi) is 4.43. The van der Waals surface area contributed by atoms with Crippen molar-refractivity contribution in [1.82, 2.24) is 10.5 Å². The summed E-state index contributed by atoms with van der Waals surface area (Å²) in [5, 5.41) is 6.80. The summed E-state index contributed by atoms with van der Waals surface area (Å²) in [7, 11) is 0. The molecular weight excluding hydrogens is 299 g/mol. The topological polar surface area (TPSA) is 64.4 Å². The van der Waals surface area contributed by atoms with Crippen LogP contribution < -0.4 is 5.32 Å². The van der Waals surface area contributed by atoms with Crippen molar-refractivity contribution >= 4 is 5.91 Å². The number of nitrogens with one attached hydrogen (secondary N) is 1. The van der Waals surface area contributed by atoms with Crippen LogP contribution in [0.3, 0.4) is 0 Å². The van der Waals surface area contributed by atoms with Crippen molar-refractivity contribution in [2.75, 3.05) is 6.61 Å². The molecule has 6 heteroatoms. The van der Waals surface area contributed by atoms with Crippen LogP contribution in [0.1, 0.15) is 46.3 Å². The Bertz CT molecular complexity index is 671. The molecule has 3 rings (SSSR count). The van der Waals surface area contributed by atoms with Gasteiger partial charge in [-0.05, 0) is 44.4 Å². The van der Waals surface area contributed by atoms with Gasteiger partial charge in [0.25, 0.3) is 5.91 Å². The third kappa shape index (κ3) is 3.27. The van der Waals surface area contributed by atoms with E-state index in [9.17, 15) is 9.18 Å². The molecule has 2 atom stereocenters. The Hall–Kier alpha value is -2.21. The lowest BCUT2D eigenvalue weighted by Crippen LogP contribution is -2.36. The number of halogens is 1. The third-order valence-electron chi connectivity index (χ3n) is 4.11. The lowest BCUT2D eigenvalue weighted by molar-refractivity contribution is 0.0671. The third-order valence-corrected chi connectivity index (χ3v) is 4.11. The highest BCUT2D eigenvalue weighted by atomic mass is 19.1. The first kappa shape index (κ1) is 15.7. The monoisotopic (exact) mass is 318 g/mol. The van der Waals surface area contributed by atoms with Gasteiger partial charge in [0.15, 0.2) is 0 Å². The number of aryl methyl sites for hydroxylation is 2. The molecule has 1 amide bonds. The van der Waals surface area contributed by atoms with Crippen molar-refractivity contribution in [3.63, 3.8) is 0 Å². The molecule has 0 aliphatic carbocycles. The summed E-state index contributed by atoms with van der Waals surface area (Å²) in [5.41, 5.74) is 1.80. The summed E-state index contributed by atoms with van der Waals surface area (Å²) < 4.78 is 24.0. The maximum Gasteiger partial charge on any atom is 0.257 e. The molecule has 0 bridgehead atoms. The van der Waals surface area contributed by atoms with Gasteiger partial charge in [-0.3, -0.25) is 4.79 Å². The maximum atomic E-state index is 13.2. The molecule has 1 aromatic heterocycles. The van der Waals surface area contributed by atoms with Crippen LogP contribution >= 0.6 is 0 Å². The standard InChI is InChI=1S/C17H19FN2O3/c1-10-15(11(2)23-20-10)17(21)19-16(14-4-3-9-22-14)12-5-7-13(18)8-6-12/h5-8,14,16H,3-4,9H2,1-2H3,(H,19,21)/t14-,16-/m0/s1. The maximum absolute atomic E-state index is 13.2. The van der Waals surface area contributed by atoms with Crippen molar-refractivity contribution in [3.8, 4) is 0 Å². The van der Waals surface area contributed by atoms with Gasteiger partial charge in [-0.25, -0.2) is 4.39 Å². The van der Waals surface area contributed by atoms with Gasteiger partial charge in [0.05, 0.1) is 17.8 Å². The van der Waals surface area contributed by atoms with Gasteiger partial charge < -0.3 is 14.6 Å².